The molecule has 0 atom stereocenters. The molecule has 0 unspecified atom stereocenters. The first-order valence-corrected chi connectivity index (χ1v) is 17.2. The van der Waals surface area contributed by atoms with E-state index in [0.717, 1.165) is 82.5 Å². The molecule has 0 aliphatic rings. The number of benzene rings is 8. The summed E-state index contributed by atoms with van der Waals surface area (Å²) in [6, 6.07) is 58.2. The minimum absolute atomic E-state index is 0.659. The Balaban J connectivity index is 1.17. The van der Waals surface area contributed by atoms with Gasteiger partial charge in [-0.05, 0) is 98.7 Å². The third-order valence-electron chi connectivity index (χ3n) is 10.3. The van der Waals surface area contributed by atoms with Crippen LogP contribution in [0.4, 0.5) is 17.1 Å². The molecule has 0 amide bonds. The first-order chi connectivity index (χ1) is 25.3. The minimum atomic E-state index is 0.659. The fourth-order valence-electron chi connectivity index (χ4n) is 8.00. The fraction of sp³-hybridized carbons (Fsp3) is 0. The molecule has 4 nitrogen and oxygen atoms in total. The lowest BCUT2D eigenvalue weighted by Gasteiger charge is -2.27. The maximum atomic E-state index is 6.42. The van der Waals surface area contributed by atoms with Crippen LogP contribution in [0.1, 0.15) is 0 Å². The van der Waals surface area contributed by atoms with Gasteiger partial charge in [0.1, 0.15) is 16.7 Å². The predicted molar refractivity (Wildman–Crippen MR) is 211 cm³/mol. The maximum absolute atomic E-state index is 6.42. The van der Waals surface area contributed by atoms with E-state index in [1.807, 2.05) is 18.2 Å². The number of aromatic nitrogens is 1. The van der Waals surface area contributed by atoms with Gasteiger partial charge in [-0.3, -0.25) is 0 Å². The van der Waals surface area contributed by atoms with Crippen LogP contribution in [0.3, 0.4) is 0 Å². The minimum Gasteiger partial charge on any atom is -0.456 e. The summed E-state index contributed by atoms with van der Waals surface area (Å²) in [5.74, 6) is 0. The van der Waals surface area contributed by atoms with Crippen LogP contribution >= 0.6 is 0 Å². The number of nitrogens with zero attached hydrogens (tertiary/aromatic N) is 2. The lowest BCUT2D eigenvalue weighted by Crippen LogP contribution is -2.10. The van der Waals surface area contributed by atoms with Gasteiger partial charge in [-0.25, -0.2) is 4.98 Å². The zero-order valence-corrected chi connectivity index (χ0v) is 27.4. The van der Waals surface area contributed by atoms with E-state index in [2.05, 4.69) is 155 Å². The van der Waals surface area contributed by atoms with Gasteiger partial charge in [0.2, 0.25) is 5.71 Å². The van der Waals surface area contributed by atoms with Crippen molar-refractivity contribution in [2.45, 2.75) is 0 Å². The van der Waals surface area contributed by atoms with Crippen molar-refractivity contribution in [3.63, 3.8) is 0 Å². The summed E-state index contributed by atoms with van der Waals surface area (Å²) in [5.41, 5.74) is 8.79. The molecule has 0 fully saturated rings. The molecule has 11 rings (SSSR count). The Morgan fingerprint density at radius 1 is 0.431 bits per heavy atom. The molecule has 51 heavy (non-hydrogen) atoms. The molecule has 8 aromatic carbocycles. The summed E-state index contributed by atoms with van der Waals surface area (Å²) < 4.78 is 12.8. The number of furan rings is 2. The number of pyridine rings is 1. The Labute approximate surface area is 292 Å². The maximum Gasteiger partial charge on any atom is 0.227 e. The molecular weight excluding hydrogens is 625 g/mol. The van der Waals surface area contributed by atoms with Crippen molar-refractivity contribution in [3.05, 3.63) is 170 Å². The van der Waals surface area contributed by atoms with Gasteiger partial charge in [-0.1, -0.05) is 103 Å². The molecule has 0 aliphatic heterocycles. The lowest BCUT2D eigenvalue weighted by atomic mass is 9.97. The van der Waals surface area contributed by atoms with Crippen LogP contribution < -0.4 is 4.90 Å². The average molecular weight is 653 g/mol. The van der Waals surface area contributed by atoms with Crippen molar-refractivity contribution in [1.29, 1.82) is 0 Å². The zero-order chi connectivity index (χ0) is 33.5. The van der Waals surface area contributed by atoms with E-state index in [1.165, 1.54) is 16.3 Å². The summed E-state index contributed by atoms with van der Waals surface area (Å²) in [5, 5.41) is 11.2. The van der Waals surface area contributed by atoms with Crippen molar-refractivity contribution < 1.29 is 8.83 Å². The van der Waals surface area contributed by atoms with Gasteiger partial charge in [-0.15, -0.1) is 0 Å². The zero-order valence-electron chi connectivity index (χ0n) is 27.4. The van der Waals surface area contributed by atoms with Crippen molar-refractivity contribution >= 4 is 93.4 Å². The standard InChI is InChI=1S/C47H28N2O2/c1-2-13-35-29(9-1)10-6-15-36(35)31-11-5-12-33(27-31)49(41-17-7-19-43-45(41)40-14-3-4-18-42(40)50-43)34-23-25-37-32(28-34)21-20-30-22-24-38-39-16-8-26-48-47(39)51-46(38)44(30)37/h1-28H. The smallest absolute Gasteiger partial charge is 0.227 e. The highest BCUT2D eigenvalue weighted by Gasteiger charge is 2.21. The molecular formula is C47H28N2O2. The Morgan fingerprint density at radius 2 is 1.18 bits per heavy atom. The Bertz CT molecular complexity index is 3160. The van der Waals surface area contributed by atoms with E-state index in [0.29, 0.717) is 5.71 Å². The van der Waals surface area contributed by atoms with E-state index in [-0.39, 0.29) is 0 Å². The van der Waals surface area contributed by atoms with Gasteiger partial charge in [0.15, 0.2) is 0 Å². The summed E-state index contributed by atoms with van der Waals surface area (Å²) in [6.45, 7) is 0. The topological polar surface area (TPSA) is 42.4 Å². The van der Waals surface area contributed by atoms with Gasteiger partial charge >= 0.3 is 0 Å². The summed E-state index contributed by atoms with van der Waals surface area (Å²) in [4.78, 5) is 6.89. The number of para-hydroxylation sites is 1. The molecule has 0 N–H and O–H groups in total. The Morgan fingerprint density at radius 3 is 2.16 bits per heavy atom. The van der Waals surface area contributed by atoms with Gasteiger partial charge in [0.05, 0.1) is 11.1 Å². The molecule has 0 saturated carbocycles. The van der Waals surface area contributed by atoms with Crippen LogP contribution in [-0.4, -0.2) is 4.98 Å². The second kappa shape index (κ2) is 10.8. The highest BCUT2D eigenvalue weighted by atomic mass is 16.3. The molecule has 11 aromatic rings. The van der Waals surface area contributed by atoms with Crippen LogP contribution in [0.25, 0.3) is 87.5 Å². The van der Waals surface area contributed by atoms with Crippen LogP contribution in [0, 0.1) is 0 Å². The molecule has 0 radical (unpaired) electrons. The number of hydrogen-bond acceptors (Lipinski definition) is 4. The first kappa shape index (κ1) is 28.0. The second-order valence-electron chi connectivity index (χ2n) is 13.1. The summed E-state index contributed by atoms with van der Waals surface area (Å²) >= 11 is 0. The van der Waals surface area contributed by atoms with E-state index in [1.54, 1.807) is 6.20 Å². The van der Waals surface area contributed by atoms with E-state index < -0.39 is 0 Å². The predicted octanol–water partition coefficient (Wildman–Crippen LogP) is 13.5. The highest BCUT2D eigenvalue weighted by molar-refractivity contribution is 6.23. The van der Waals surface area contributed by atoms with Crippen LogP contribution in [0.15, 0.2) is 179 Å². The quantitative estimate of drug-likeness (QED) is 0.177. The molecule has 238 valence electrons. The van der Waals surface area contributed by atoms with Crippen molar-refractivity contribution in [3.8, 4) is 11.1 Å². The fourth-order valence-corrected chi connectivity index (χ4v) is 8.00. The van der Waals surface area contributed by atoms with E-state index >= 15 is 0 Å². The monoisotopic (exact) mass is 652 g/mol. The van der Waals surface area contributed by atoms with Crippen molar-refractivity contribution in [1.82, 2.24) is 4.98 Å². The third-order valence-corrected chi connectivity index (χ3v) is 10.3. The number of fused-ring (bicyclic) bond motifs is 11. The van der Waals surface area contributed by atoms with Gasteiger partial charge < -0.3 is 13.7 Å². The Kier molecular flexibility index (Phi) is 5.92. The number of rotatable bonds is 4. The van der Waals surface area contributed by atoms with E-state index in [9.17, 15) is 0 Å². The molecule has 0 bridgehead atoms. The second-order valence-corrected chi connectivity index (χ2v) is 13.1. The third kappa shape index (κ3) is 4.23. The lowest BCUT2D eigenvalue weighted by molar-refractivity contribution is 0.658. The van der Waals surface area contributed by atoms with Gasteiger partial charge in [-0.2, -0.15) is 0 Å². The van der Waals surface area contributed by atoms with Crippen molar-refractivity contribution in [2.24, 2.45) is 0 Å². The van der Waals surface area contributed by atoms with Crippen molar-refractivity contribution in [2.75, 3.05) is 4.90 Å². The average Bonchev–Trinajstić information content (AvgIpc) is 3.77. The number of anilines is 3. The SMILES string of the molecule is c1cc(-c2cccc3ccccc23)cc(N(c2ccc3c(ccc4ccc5c6cccnc6oc5c43)c2)c2cccc3oc4ccccc4c23)c1. The molecule has 3 heterocycles. The number of hydrogen-bond donors (Lipinski definition) is 0. The van der Waals surface area contributed by atoms with Gasteiger partial charge in [0.25, 0.3) is 0 Å². The summed E-state index contributed by atoms with van der Waals surface area (Å²) in [7, 11) is 0. The highest BCUT2D eigenvalue weighted by Crippen LogP contribution is 2.45. The van der Waals surface area contributed by atoms with E-state index in [4.69, 9.17) is 8.83 Å². The summed E-state index contributed by atoms with van der Waals surface area (Å²) in [6.07, 6.45) is 1.78. The molecule has 0 aliphatic carbocycles. The van der Waals surface area contributed by atoms with Crippen LogP contribution in [-0.2, 0) is 0 Å². The first-order valence-electron chi connectivity index (χ1n) is 17.2. The van der Waals surface area contributed by atoms with Crippen LogP contribution in [0.2, 0.25) is 0 Å². The normalized spacial score (nSPS) is 11.9. The molecule has 3 aromatic heterocycles. The largest absolute Gasteiger partial charge is 0.456 e. The van der Waals surface area contributed by atoms with Crippen LogP contribution in [0.5, 0.6) is 0 Å². The van der Waals surface area contributed by atoms with Gasteiger partial charge in [0, 0.05) is 39.1 Å². The Hall–Kier alpha value is -6.91. The molecule has 0 spiro atoms. The molecule has 0 saturated heterocycles. The molecule has 4 heteroatoms.